The van der Waals surface area contributed by atoms with Gasteiger partial charge in [-0.25, -0.2) is 4.79 Å². The second kappa shape index (κ2) is 6.38. The molecule has 5 heteroatoms. The highest BCUT2D eigenvalue weighted by Gasteiger charge is 2.33. The molecule has 5 nitrogen and oxygen atoms in total. The number of hydrogen-bond donors (Lipinski definition) is 0. The minimum atomic E-state index is -0.511. The van der Waals surface area contributed by atoms with E-state index in [1.807, 2.05) is 32.9 Å². The summed E-state index contributed by atoms with van der Waals surface area (Å²) in [6.07, 6.45) is 2.28. The van der Waals surface area contributed by atoms with Crippen molar-refractivity contribution in [1.29, 1.82) is 0 Å². The van der Waals surface area contributed by atoms with Crippen LogP contribution in [-0.4, -0.2) is 36.5 Å². The number of amides is 1. The zero-order valence-electron chi connectivity index (χ0n) is 13.6. The Kier molecular flexibility index (Phi) is 4.74. The molecule has 1 aliphatic rings. The van der Waals surface area contributed by atoms with Crippen LogP contribution in [0, 0.1) is 0 Å². The van der Waals surface area contributed by atoms with E-state index in [4.69, 9.17) is 9.47 Å². The van der Waals surface area contributed by atoms with Gasteiger partial charge in [-0.3, -0.25) is 4.79 Å². The van der Waals surface area contributed by atoms with Gasteiger partial charge in [0, 0.05) is 6.54 Å². The molecule has 0 aromatic heterocycles. The predicted molar refractivity (Wildman–Crippen MR) is 83.3 cm³/mol. The van der Waals surface area contributed by atoms with Crippen molar-refractivity contribution in [2.45, 2.75) is 45.3 Å². The molecule has 0 radical (unpaired) electrons. The molecule has 1 saturated heterocycles. The maximum Gasteiger partial charge on any atom is 0.410 e. The molecule has 0 N–H and O–H groups in total. The van der Waals surface area contributed by atoms with Crippen molar-refractivity contribution in [3.05, 3.63) is 29.3 Å². The zero-order valence-corrected chi connectivity index (χ0v) is 13.6. The summed E-state index contributed by atoms with van der Waals surface area (Å²) in [6.45, 7) is 6.25. The highest BCUT2D eigenvalue weighted by atomic mass is 16.6. The number of aldehydes is 1. The second-order valence-electron chi connectivity index (χ2n) is 6.45. The van der Waals surface area contributed by atoms with Crippen molar-refractivity contribution in [2.24, 2.45) is 0 Å². The monoisotopic (exact) mass is 305 g/mol. The van der Waals surface area contributed by atoms with Crippen LogP contribution in [0.15, 0.2) is 18.2 Å². The highest BCUT2D eigenvalue weighted by Crippen LogP contribution is 2.35. The number of carbonyl (C=O) groups is 2. The third kappa shape index (κ3) is 3.59. The van der Waals surface area contributed by atoms with Crippen molar-refractivity contribution < 1.29 is 19.1 Å². The second-order valence-corrected chi connectivity index (χ2v) is 6.45. The first kappa shape index (κ1) is 16.3. The fourth-order valence-corrected chi connectivity index (χ4v) is 2.68. The number of likely N-dealkylation sites (tertiary alicyclic amines) is 1. The molecule has 120 valence electrons. The summed E-state index contributed by atoms with van der Waals surface area (Å²) >= 11 is 0. The maximum absolute atomic E-state index is 12.3. The zero-order chi connectivity index (χ0) is 16.3. The number of rotatable bonds is 3. The Morgan fingerprint density at radius 1 is 1.36 bits per heavy atom. The molecular weight excluding hydrogens is 282 g/mol. The highest BCUT2D eigenvalue weighted by molar-refractivity contribution is 5.79. The normalized spacial score (nSPS) is 18.2. The molecule has 2 rings (SSSR count). The topological polar surface area (TPSA) is 55.8 Å². The van der Waals surface area contributed by atoms with Gasteiger partial charge in [0.25, 0.3) is 0 Å². The molecule has 0 aliphatic carbocycles. The first-order chi connectivity index (χ1) is 10.4. The van der Waals surface area contributed by atoms with E-state index in [2.05, 4.69) is 0 Å². The van der Waals surface area contributed by atoms with Gasteiger partial charge < -0.3 is 14.4 Å². The molecular formula is C17H23NO4. The first-order valence-corrected chi connectivity index (χ1v) is 7.48. The lowest BCUT2D eigenvalue weighted by Crippen LogP contribution is -2.36. The summed E-state index contributed by atoms with van der Waals surface area (Å²) in [5.41, 5.74) is 0.961. The smallest absolute Gasteiger partial charge is 0.410 e. The van der Waals surface area contributed by atoms with Crippen molar-refractivity contribution >= 4 is 12.4 Å². The van der Waals surface area contributed by atoms with Crippen LogP contribution in [0.1, 0.15) is 55.6 Å². The summed E-state index contributed by atoms with van der Waals surface area (Å²) in [5, 5.41) is 0. The minimum absolute atomic E-state index is 0.0375. The molecule has 1 aromatic rings. The van der Waals surface area contributed by atoms with Gasteiger partial charge in [0.2, 0.25) is 0 Å². The molecule has 1 atom stereocenters. The summed E-state index contributed by atoms with van der Waals surface area (Å²) in [4.78, 5) is 25.1. The molecule has 22 heavy (non-hydrogen) atoms. The maximum atomic E-state index is 12.3. The van der Waals surface area contributed by atoms with Crippen molar-refractivity contribution in [3.63, 3.8) is 0 Å². The Morgan fingerprint density at radius 3 is 2.68 bits per heavy atom. The van der Waals surface area contributed by atoms with Crippen LogP contribution in [0.2, 0.25) is 0 Å². The van der Waals surface area contributed by atoms with E-state index < -0.39 is 5.60 Å². The Labute approximate surface area is 131 Å². The van der Waals surface area contributed by atoms with E-state index in [1.54, 1.807) is 11.0 Å². The van der Waals surface area contributed by atoms with E-state index in [0.717, 1.165) is 24.7 Å². The first-order valence-electron chi connectivity index (χ1n) is 7.48. The Balaban J connectivity index is 2.23. The number of ether oxygens (including phenoxy) is 2. The number of nitrogens with zero attached hydrogens (tertiary/aromatic N) is 1. The number of carbonyl (C=O) groups excluding carboxylic acids is 2. The average Bonchev–Trinajstić information content (AvgIpc) is 2.94. The summed E-state index contributed by atoms with van der Waals surface area (Å²) in [5.74, 6) is 0.531. The van der Waals surface area contributed by atoms with Crippen molar-refractivity contribution in [1.82, 2.24) is 4.90 Å². The number of benzene rings is 1. The van der Waals surface area contributed by atoms with E-state index in [0.29, 0.717) is 17.9 Å². The van der Waals surface area contributed by atoms with Crippen LogP contribution >= 0.6 is 0 Å². The molecule has 1 aromatic carbocycles. The van der Waals surface area contributed by atoms with Gasteiger partial charge in [-0.05, 0) is 51.3 Å². The van der Waals surface area contributed by atoms with Gasteiger partial charge in [0.15, 0.2) is 6.29 Å². The van der Waals surface area contributed by atoms with Crippen LogP contribution in [0.5, 0.6) is 5.75 Å². The number of methoxy groups -OCH3 is 1. The SMILES string of the molecule is COc1cc(C2CCCN2C(=O)OC(C)(C)C)ccc1C=O. The number of hydrogen-bond acceptors (Lipinski definition) is 4. The van der Waals surface area contributed by atoms with Crippen LogP contribution in [0.25, 0.3) is 0 Å². The molecule has 1 aliphatic heterocycles. The molecule has 0 spiro atoms. The van der Waals surface area contributed by atoms with Gasteiger partial charge >= 0.3 is 6.09 Å². The van der Waals surface area contributed by atoms with E-state index in [9.17, 15) is 9.59 Å². The van der Waals surface area contributed by atoms with E-state index in [-0.39, 0.29) is 12.1 Å². The van der Waals surface area contributed by atoms with Crippen molar-refractivity contribution in [2.75, 3.05) is 13.7 Å². The molecule has 1 unspecified atom stereocenters. The standard InChI is InChI=1S/C17H23NO4/c1-17(2,3)22-16(20)18-9-5-6-14(18)12-7-8-13(11-19)15(10-12)21-4/h7-8,10-11,14H,5-6,9H2,1-4H3. The fourth-order valence-electron chi connectivity index (χ4n) is 2.68. The predicted octanol–water partition coefficient (Wildman–Crippen LogP) is 3.58. The van der Waals surface area contributed by atoms with Gasteiger partial charge in [-0.15, -0.1) is 0 Å². The van der Waals surface area contributed by atoms with E-state index >= 15 is 0 Å². The van der Waals surface area contributed by atoms with Gasteiger partial charge in [-0.2, -0.15) is 0 Å². The molecule has 1 amide bonds. The largest absolute Gasteiger partial charge is 0.496 e. The van der Waals surface area contributed by atoms with Crippen LogP contribution < -0.4 is 4.74 Å². The van der Waals surface area contributed by atoms with Crippen LogP contribution in [-0.2, 0) is 4.74 Å². The summed E-state index contributed by atoms with van der Waals surface area (Å²) in [6, 6.07) is 5.40. The lowest BCUT2D eigenvalue weighted by molar-refractivity contribution is 0.0224. The van der Waals surface area contributed by atoms with Crippen molar-refractivity contribution in [3.8, 4) is 5.75 Å². The fraction of sp³-hybridized carbons (Fsp3) is 0.529. The Bertz CT molecular complexity index is 562. The van der Waals surface area contributed by atoms with Crippen LogP contribution in [0.4, 0.5) is 4.79 Å². The van der Waals surface area contributed by atoms with Gasteiger partial charge in [-0.1, -0.05) is 6.07 Å². The summed E-state index contributed by atoms with van der Waals surface area (Å²) in [7, 11) is 1.53. The average molecular weight is 305 g/mol. The quantitative estimate of drug-likeness (QED) is 0.801. The minimum Gasteiger partial charge on any atom is -0.496 e. The van der Waals surface area contributed by atoms with Gasteiger partial charge in [0.1, 0.15) is 11.4 Å². The molecule has 0 saturated carbocycles. The third-order valence-corrected chi connectivity index (χ3v) is 3.65. The van der Waals surface area contributed by atoms with E-state index in [1.165, 1.54) is 7.11 Å². The lowest BCUT2D eigenvalue weighted by atomic mass is 10.0. The molecule has 1 fully saturated rings. The lowest BCUT2D eigenvalue weighted by Gasteiger charge is -2.29. The Morgan fingerprint density at radius 2 is 2.09 bits per heavy atom. The molecule has 1 heterocycles. The van der Waals surface area contributed by atoms with Crippen LogP contribution in [0.3, 0.4) is 0 Å². The molecule has 0 bridgehead atoms. The third-order valence-electron chi connectivity index (χ3n) is 3.65. The van der Waals surface area contributed by atoms with Gasteiger partial charge in [0.05, 0.1) is 18.7 Å². The summed E-state index contributed by atoms with van der Waals surface area (Å²) < 4.78 is 10.7. The Hall–Kier alpha value is -2.04.